The minimum absolute atomic E-state index is 0. The Kier molecular flexibility index (Phi) is 29.5. The average molecular weight is 104 g/mol. The van der Waals surface area contributed by atoms with Crippen LogP contribution < -0.4 is 5.84 Å². The Balaban J connectivity index is 0. The van der Waals surface area contributed by atoms with E-state index in [9.17, 15) is 0 Å². The number of nitrogens with two attached hydrogens (primary N) is 1. The SMILES string of the molecule is N=NN.[Ni]. The van der Waals surface area contributed by atoms with Gasteiger partial charge in [0, 0.05) is 16.5 Å². The van der Waals surface area contributed by atoms with Crippen LogP contribution in [0.15, 0.2) is 5.22 Å². The average Bonchev–Trinajstić information content (AvgIpc) is 0.918. The summed E-state index contributed by atoms with van der Waals surface area (Å²) in [7, 11) is 0. The van der Waals surface area contributed by atoms with Gasteiger partial charge in [-0.3, -0.25) is 0 Å². The van der Waals surface area contributed by atoms with Crippen LogP contribution in [0.1, 0.15) is 0 Å². The number of rotatable bonds is 0. The molecule has 0 saturated carbocycles. The number of hydrogen-bond donors (Lipinski definition) is 2. The van der Waals surface area contributed by atoms with Crippen LogP contribution >= 0.6 is 0 Å². The maximum Gasteiger partial charge on any atom is 0 e. The largest absolute Gasteiger partial charge is 0.305 e. The van der Waals surface area contributed by atoms with E-state index >= 15 is 0 Å². The van der Waals surface area contributed by atoms with Gasteiger partial charge in [-0.05, 0) is 0 Å². The molecule has 3 N–H and O–H groups in total. The maximum absolute atomic E-state index is 5.61. The second-order valence-corrected chi connectivity index (χ2v) is 0.129. The molecule has 0 unspecified atom stereocenters. The molecule has 28 valence electrons. The molecular formula is H3N3Ni. The molecule has 0 aromatic heterocycles. The smallest absolute Gasteiger partial charge is 0 e. The van der Waals surface area contributed by atoms with Crippen LogP contribution in [0.4, 0.5) is 0 Å². The molecule has 0 aliphatic carbocycles. The van der Waals surface area contributed by atoms with E-state index < -0.39 is 0 Å². The third-order valence-electron chi connectivity index (χ3n) is 0. The summed E-state index contributed by atoms with van der Waals surface area (Å²) >= 11 is 0. The Hall–Kier alpha value is -0.106. The molecule has 0 atom stereocenters. The molecule has 0 aliphatic rings. The molecule has 0 spiro atoms. The van der Waals surface area contributed by atoms with Crippen molar-refractivity contribution in [3.63, 3.8) is 0 Å². The Bertz CT molecular complexity index is 10.8. The molecule has 0 radical (unpaired) electrons. The monoisotopic (exact) mass is 103 g/mol. The second-order valence-electron chi connectivity index (χ2n) is 0.129. The van der Waals surface area contributed by atoms with Crippen molar-refractivity contribution < 1.29 is 16.5 Å². The Labute approximate surface area is 34.0 Å². The van der Waals surface area contributed by atoms with Crippen molar-refractivity contribution in [3.8, 4) is 0 Å². The zero-order valence-corrected chi connectivity index (χ0v) is 2.83. The fourth-order valence-corrected chi connectivity index (χ4v) is 0. The molecule has 0 bridgehead atoms. The number of hydrogen-bond acceptors (Lipinski definition) is 2. The van der Waals surface area contributed by atoms with Gasteiger partial charge in [-0.15, -0.1) is 0 Å². The summed E-state index contributed by atoms with van der Waals surface area (Å²) in [5.74, 6) is 4.14. The van der Waals surface area contributed by atoms with E-state index in [-0.39, 0.29) is 16.5 Å². The third kappa shape index (κ3) is 133. The molecule has 0 fully saturated rings. The normalized spacial score (nSPS) is 3.00. The first-order valence-electron chi connectivity index (χ1n) is 0.482. The molecule has 3 nitrogen and oxygen atoms in total. The van der Waals surface area contributed by atoms with Crippen LogP contribution in [0.2, 0.25) is 0 Å². The molecule has 0 heterocycles. The van der Waals surface area contributed by atoms with Gasteiger partial charge in [-0.2, -0.15) is 5.53 Å². The van der Waals surface area contributed by atoms with Crippen LogP contribution in [0.3, 0.4) is 0 Å². The summed E-state index contributed by atoms with van der Waals surface area (Å²) in [4.78, 5) is 0. The maximum atomic E-state index is 5.61. The summed E-state index contributed by atoms with van der Waals surface area (Å²) in [5, 5.41) is 2.25. The van der Waals surface area contributed by atoms with Crippen molar-refractivity contribution in [3.05, 3.63) is 0 Å². The summed E-state index contributed by atoms with van der Waals surface area (Å²) in [6, 6.07) is 0. The first-order chi connectivity index (χ1) is 1.41. The van der Waals surface area contributed by atoms with Crippen molar-refractivity contribution in [2.24, 2.45) is 11.1 Å². The topological polar surface area (TPSA) is 62.2 Å². The van der Waals surface area contributed by atoms with Crippen molar-refractivity contribution in [2.45, 2.75) is 0 Å². The van der Waals surface area contributed by atoms with Gasteiger partial charge in [0.05, 0.1) is 0 Å². The number of nitrogens with zero attached hydrogens (tertiary/aromatic N) is 1. The second kappa shape index (κ2) is 13.0. The van der Waals surface area contributed by atoms with E-state index in [0.29, 0.717) is 0 Å². The van der Waals surface area contributed by atoms with Crippen molar-refractivity contribution >= 4 is 0 Å². The van der Waals surface area contributed by atoms with Crippen LogP contribution in [0.5, 0.6) is 0 Å². The minimum Gasteiger partial charge on any atom is -0.305 e. The van der Waals surface area contributed by atoms with E-state index in [1.165, 1.54) is 0 Å². The Morgan fingerprint density at radius 2 is 1.75 bits per heavy atom. The van der Waals surface area contributed by atoms with Gasteiger partial charge in [-0.1, -0.05) is 5.22 Å². The summed E-state index contributed by atoms with van der Waals surface area (Å²) in [6.07, 6.45) is 0. The fourth-order valence-electron chi connectivity index (χ4n) is 0. The fraction of sp³-hybridized carbons (Fsp3) is 0. The van der Waals surface area contributed by atoms with Crippen molar-refractivity contribution in [1.29, 1.82) is 5.53 Å². The van der Waals surface area contributed by atoms with Gasteiger partial charge in [0.1, 0.15) is 0 Å². The molecule has 0 aliphatic heterocycles. The van der Waals surface area contributed by atoms with Crippen LogP contribution in [0.25, 0.3) is 0 Å². The van der Waals surface area contributed by atoms with Gasteiger partial charge in [0.25, 0.3) is 0 Å². The summed E-state index contributed by atoms with van der Waals surface area (Å²) in [5.41, 5.74) is 5.61. The van der Waals surface area contributed by atoms with Gasteiger partial charge in [-0.25, -0.2) is 0 Å². The van der Waals surface area contributed by atoms with E-state index in [1.54, 1.807) is 0 Å². The van der Waals surface area contributed by atoms with E-state index in [1.807, 2.05) is 0 Å². The molecule has 0 aromatic rings. The Morgan fingerprint density at radius 1 is 1.75 bits per heavy atom. The zero-order chi connectivity index (χ0) is 2.71. The standard InChI is InChI=1S/H3N3.Ni/c1-3-2;/h(H3,1,2);. The van der Waals surface area contributed by atoms with E-state index in [0.717, 1.165) is 0 Å². The van der Waals surface area contributed by atoms with Gasteiger partial charge in [0.15, 0.2) is 0 Å². The van der Waals surface area contributed by atoms with Gasteiger partial charge in [0.2, 0.25) is 0 Å². The molecule has 0 saturated heterocycles. The quantitative estimate of drug-likeness (QED) is 0.191. The molecular weight excluding hydrogens is 101 g/mol. The van der Waals surface area contributed by atoms with Gasteiger partial charge < -0.3 is 5.84 Å². The van der Waals surface area contributed by atoms with E-state index in [2.05, 4.69) is 11.1 Å². The van der Waals surface area contributed by atoms with Crippen LogP contribution in [-0.4, -0.2) is 0 Å². The molecule has 0 rings (SSSR count). The Morgan fingerprint density at radius 3 is 1.75 bits per heavy atom. The summed E-state index contributed by atoms with van der Waals surface area (Å²) in [6.45, 7) is 0. The summed E-state index contributed by atoms with van der Waals surface area (Å²) < 4.78 is 0. The predicted molar refractivity (Wildman–Crippen MR) is 9.34 cm³/mol. The van der Waals surface area contributed by atoms with Gasteiger partial charge >= 0.3 is 0 Å². The van der Waals surface area contributed by atoms with E-state index in [4.69, 9.17) is 5.53 Å². The molecule has 0 aromatic carbocycles. The molecule has 4 heteroatoms. The molecule has 0 amide bonds. The predicted octanol–water partition coefficient (Wildman–Crippen LogP) is -0.111. The van der Waals surface area contributed by atoms with Crippen molar-refractivity contribution in [1.82, 2.24) is 0 Å². The van der Waals surface area contributed by atoms with Crippen LogP contribution in [0, 0.1) is 5.53 Å². The first kappa shape index (κ1) is 9.09. The minimum atomic E-state index is 0. The van der Waals surface area contributed by atoms with Crippen molar-refractivity contribution in [2.75, 3.05) is 0 Å². The molecule has 4 heavy (non-hydrogen) atoms. The number of nitrogens with one attached hydrogen (secondary N) is 1. The zero-order valence-electron chi connectivity index (χ0n) is 1.84. The third-order valence-corrected chi connectivity index (χ3v) is 0. The van der Waals surface area contributed by atoms with Crippen LogP contribution in [-0.2, 0) is 16.5 Å². The first-order valence-corrected chi connectivity index (χ1v) is 0.482.